The molecule has 4 rings (SSSR count). The third kappa shape index (κ3) is 4.09. The van der Waals surface area contributed by atoms with E-state index < -0.39 is 35.8 Å². The van der Waals surface area contributed by atoms with Crippen molar-refractivity contribution < 1.29 is 23.6 Å². The molecular weight excluding hydrogens is 480 g/mol. The summed E-state index contributed by atoms with van der Waals surface area (Å²) in [5.74, 6) is -1.44. The predicted octanol–water partition coefficient (Wildman–Crippen LogP) is 2.72. The zero-order valence-corrected chi connectivity index (χ0v) is 18.6. The molecule has 1 atom stereocenters. The molecule has 0 radical (unpaired) electrons. The molecule has 1 aliphatic rings. The highest BCUT2D eigenvalue weighted by molar-refractivity contribution is 9.10. The monoisotopic (exact) mass is 498 g/mol. The highest BCUT2D eigenvalue weighted by Crippen LogP contribution is 2.32. The van der Waals surface area contributed by atoms with Crippen molar-refractivity contribution in [2.24, 2.45) is 0 Å². The Morgan fingerprint density at radius 2 is 1.81 bits per heavy atom. The quantitative estimate of drug-likeness (QED) is 0.451. The van der Waals surface area contributed by atoms with Crippen molar-refractivity contribution in [2.45, 2.75) is 12.5 Å². The van der Waals surface area contributed by atoms with Gasteiger partial charge in [-0.3, -0.25) is 19.3 Å². The van der Waals surface area contributed by atoms with Crippen molar-refractivity contribution in [3.05, 3.63) is 64.8 Å². The Morgan fingerprint density at radius 1 is 1.09 bits per heavy atom. The van der Waals surface area contributed by atoms with Crippen molar-refractivity contribution >= 4 is 56.3 Å². The number of nitrogens with one attached hydrogen (secondary N) is 3. The molecule has 32 heavy (non-hydrogen) atoms. The van der Waals surface area contributed by atoms with Crippen LogP contribution in [-0.2, 0) is 19.9 Å². The largest absolute Gasteiger partial charge is 0.458 e. The summed E-state index contributed by atoms with van der Waals surface area (Å²) in [5.41, 5.74) is -0.298. The zero-order valence-electron chi connectivity index (χ0n) is 17.0. The number of carbonyl (C=O) groups excluding carboxylic acids is 4. The second kappa shape index (κ2) is 8.46. The smallest absolute Gasteiger partial charge is 0.325 e. The predicted molar refractivity (Wildman–Crippen MR) is 120 cm³/mol. The van der Waals surface area contributed by atoms with Gasteiger partial charge in [0, 0.05) is 9.86 Å². The van der Waals surface area contributed by atoms with E-state index in [4.69, 9.17) is 4.42 Å². The molecule has 2 heterocycles. The molecule has 1 saturated heterocycles. The van der Waals surface area contributed by atoms with Gasteiger partial charge in [-0.15, -0.1) is 0 Å². The maximum absolute atomic E-state index is 13.0. The number of furan rings is 1. The Kier molecular flexibility index (Phi) is 5.70. The summed E-state index contributed by atoms with van der Waals surface area (Å²) in [6.07, 6.45) is 0. The Bertz CT molecular complexity index is 1210. The number of fused-ring (bicyclic) bond motifs is 1. The van der Waals surface area contributed by atoms with Crippen LogP contribution in [0.3, 0.4) is 0 Å². The van der Waals surface area contributed by atoms with Crippen molar-refractivity contribution in [2.75, 3.05) is 18.4 Å². The SMILES string of the molecule is CC1(c2cc3ccccc3o2)NC(=O)N(CC(=O)NCC(=O)Nc2ccccc2Br)C1=O. The number of hydrogen-bond acceptors (Lipinski definition) is 5. The third-order valence-electron chi connectivity index (χ3n) is 5.09. The van der Waals surface area contributed by atoms with Gasteiger partial charge in [0.1, 0.15) is 17.9 Å². The summed E-state index contributed by atoms with van der Waals surface area (Å²) in [4.78, 5) is 50.6. The normalized spacial score (nSPS) is 18.0. The Morgan fingerprint density at radius 3 is 2.56 bits per heavy atom. The Labute approximate surface area is 191 Å². The summed E-state index contributed by atoms with van der Waals surface area (Å²) in [6, 6.07) is 15.2. The highest BCUT2D eigenvalue weighted by atomic mass is 79.9. The van der Waals surface area contributed by atoms with Crippen molar-refractivity contribution in [3.8, 4) is 0 Å². The number of nitrogens with zero attached hydrogens (tertiary/aromatic N) is 1. The highest BCUT2D eigenvalue weighted by Gasteiger charge is 2.51. The first-order chi connectivity index (χ1) is 15.3. The maximum atomic E-state index is 13.0. The minimum absolute atomic E-state index is 0.271. The van der Waals surface area contributed by atoms with Gasteiger partial charge in [-0.05, 0) is 47.1 Å². The summed E-state index contributed by atoms with van der Waals surface area (Å²) < 4.78 is 6.45. The second-order valence-electron chi connectivity index (χ2n) is 7.40. The van der Waals surface area contributed by atoms with Crippen LogP contribution in [0.5, 0.6) is 0 Å². The number of halogens is 1. The van der Waals surface area contributed by atoms with Gasteiger partial charge in [0.05, 0.1) is 12.2 Å². The summed E-state index contributed by atoms with van der Waals surface area (Å²) >= 11 is 3.32. The third-order valence-corrected chi connectivity index (χ3v) is 5.78. The molecule has 2 aromatic carbocycles. The van der Waals surface area contributed by atoms with E-state index in [0.29, 0.717) is 15.7 Å². The van der Waals surface area contributed by atoms with E-state index in [2.05, 4.69) is 31.9 Å². The van der Waals surface area contributed by atoms with Crippen LogP contribution >= 0.6 is 15.9 Å². The molecular formula is C22H19BrN4O5. The standard InChI is InChI=1S/C22H19BrN4O5/c1-22(17-10-13-6-2-5-9-16(13)32-17)20(30)27(21(31)26-22)12-19(29)24-11-18(28)25-15-8-4-3-7-14(15)23/h2-10H,11-12H2,1H3,(H,24,29)(H,25,28)(H,26,31). The van der Waals surface area contributed by atoms with E-state index in [1.165, 1.54) is 6.92 Å². The lowest BCUT2D eigenvalue weighted by Crippen LogP contribution is -2.44. The average Bonchev–Trinajstić information content (AvgIpc) is 3.30. The average molecular weight is 499 g/mol. The molecule has 0 bridgehead atoms. The number of carbonyl (C=O) groups is 4. The van der Waals surface area contributed by atoms with Crippen molar-refractivity contribution in [1.82, 2.24) is 15.5 Å². The molecule has 3 aromatic rings. The number of benzene rings is 2. The number of rotatable bonds is 6. The fraction of sp³-hybridized carbons (Fsp3) is 0.182. The number of para-hydroxylation sites is 2. The number of urea groups is 1. The summed E-state index contributed by atoms with van der Waals surface area (Å²) in [6.45, 7) is 0.682. The van der Waals surface area contributed by atoms with E-state index in [1.54, 1.807) is 42.5 Å². The first-order valence-corrected chi connectivity index (χ1v) is 10.5. The van der Waals surface area contributed by atoms with Crippen LogP contribution in [0, 0.1) is 0 Å². The molecule has 0 spiro atoms. The van der Waals surface area contributed by atoms with Crippen LogP contribution in [-0.4, -0.2) is 41.7 Å². The Balaban J connectivity index is 1.38. The fourth-order valence-corrected chi connectivity index (χ4v) is 3.76. The van der Waals surface area contributed by atoms with E-state index in [-0.39, 0.29) is 12.3 Å². The van der Waals surface area contributed by atoms with Crippen LogP contribution in [0.1, 0.15) is 12.7 Å². The fourth-order valence-electron chi connectivity index (χ4n) is 3.37. The first-order valence-electron chi connectivity index (χ1n) is 9.72. The van der Waals surface area contributed by atoms with E-state index in [9.17, 15) is 19.2 Å². The lowest BCUT2D eigenvalue weighted by molar-refractivity contribution is -0.135. The van der Waals surface area contributed by atoms with Gasteiger partial charge < -0.3 is 20.4 Å². The van der Waals surface area contributed by atoms with Gasteiger partial charge in [0.2, 0.25) is 11.8 Å². The van der Waals surface area contributed by atoms with Crippen LogP contribution in [0.25, 0.3) is 11.0 Å². The molecule has 164 valence electrons. The zero-order chi connectivity index (χ0) is 22.9. The van der Waals surface area contributed by atoms with Crippen molar-refractivity contribution in [1.29, 1.82) is 0 Å². The second-order valence-corrected chi connectivity index (χ2v) is 8.25. The lowest BCUT2D eigenvalue weighted by Gasteiger charge is -2.18. The number of hydrogen-bond donors (Lipinski definition) is 3. The van der Waals surface area contributed by atoms with E-state index in [1.807, 2.05) is 12.1 Å². The molecule has 1 aromatic heterocycles. The maximum Gasteiger partial charge on any atom is 0.325 e. The van der Waals surface area contributed by atoms with Gasteiger partial charge in [0.25, 0.3) is 5.91 Å². The molecule has 1 aliphatic heterocycles. The molecule has 1 unspecified atom stereocenters. The molecule has 0 aliphatic carbocycles. The molecule has 3 N–H and O–H groups in total. The topological polar surface area (TPSA) is 121 Å². The molecule has 5 amide bonds. The number of amides is 5. The number of anilines is 1. The molecule has 9 nitrogen and oxygen atoms in total. The lowest BCUT2D eigenvalue weighted by atomic mass is 9.99. The molecule has 1 fully saturated rings. The minimum Gasteiger partial charge on any atom is -0.458 e. The van der Waals surface area contributed by atoms with Gasteiger partial charge in [0.15, 0.2) is 5.54 Å². The first kappa shape index (κ1) is 21.6. The van der Waals surface area contributed by atoms with Crippen molar-refractivity contribution in [3.63, 3.8) is 0 Å². The van der Waals surface area contributed by atoms with Crippen LogP contribution < -0.4 is 16.0 Å². The Hall–Kier alpha value is -3.66. The van der Waals surface area contributed by atoms with E-state index >= 15 is 0 Å². The summed E-state index contributed by atoms with van der Waals surface area (Å²) in [7, 11) is 0. The van der Waals surface area contributed by atoms with Crippen LogP contribution in [0.4, 0.5) is 10.5 Å². The van der Waals surface area contributed by atoms with Crippen LogP contribution in [0.15, 0.2) is 63.5 Å². The van der Waals surface area contributed by atoms with Gasteiger partial charge >= 0.3 is 6.03 Å². The van der Waals surface area contributed by atoms with Gasteiger partial charge in [-0.1, -0.05) is 30.3 Å². The molecule has 0 saturated carbocycles. The van der Waals surface area contributed by atoms with Gasteiger partial charge in [-0.25, -0.2) is 4.79 Å². The number of imide groups is 1. The van der Waals surface area contributed by atoms with Gasteiger partial charge in [-0.2, -0.15) is 0 Å². The summed E-state index contributed by atoms with van der Waals surface area (Å²) in [5, 5.41) is 8.45. The molecule has 10 heteroatoms. The minimum atomic E-state index is -1.44. The van der Waals surface area contributed by atoms with Crippen LogP contribution in [0.2, 0.25) is 0 Å². The van der Waals surface area contributed by atoms with E-state index in [0.717, 1.165) is 10.3 Å².